The normalized spacial score (nSPS) is 41.2. The molecule has 0 aromatic heterocycles. The van der Waals surface area contributed by atoms with Crippen LogP contribution in [0.3, 0.4) is 0 Å². The van der Waals surface area contributed by atoms with Gasteiger partial charge in [0.1, 0.15) is 11.6 Å². The summed E-state index contributed by atoms with van der Waals surface area (Å²) in [5.41, 5.74) is 0.322. The van der Waals surface area contributed by atoms with Crippen molar-refractivity contribution in [1.29, 1.82) is 0 Å². The molecule has 10 atom stereocenters. The summed E-state index contributed by atoms with van der Waals surface area (Å²) in [6, 6.07) is 0. The Balaban J connectivity index is 1.46. The average Bonchev–Trinajstić information content (AvgIpc) is 3.11. The molecule has 1 N–H and O–H groups in total. The van der Waals surface area contributed by atoms with Gasteiger partial charge in [0.15, 0.2) is 8.32 Å². The van der Waals surface area contributed by atoms with Crippen LogP contribution in [-0.4, -0.2) is 37.7 Å². The fourth-order valence-electron chi connectivity index (χ4n) is 9.49. The maximum absolute atomic E-state index is 13.6. The highest BCUT2D eigenvalue weighted by molar-refractivity contribution is 6.74. The summed E-state index contributed by atoms with van der Waals surface area (Å²) in [6.07, 6.45) is 10.8. The van der Waals surface area contributed by atoms with Crippen molar-refractivity contribution < 1.29 is 19.1 Å². The van der Waals surface area contributed by atoms with Gasteiger partial charge in [-0.25, -0.2) is 0 Å². The van der Waals surface area contributed by atoms with E-state index in [1.807, 2.05) is 13.8 Å². The Hall–Kier alpha value is -0.523. The lowest BCUT2D eigenvalue weighted by Gasteiger charge is -2.61. The summed E-state index contributed by atoms with van der Waals surface area (Å²) in [6.45, 7) is 20.9. The van der Waals surface area contributed by atoms with E-state index in [4.69, 9.17) is 4.43 Å². The van der Waals surface area contributed by atoms with Crippen molar-refractivity contribution in [3.63, 3.8) is 0 Å². The summed E-state index contributed by atoms with van der Waals surface area (Å²) < 4.78 is 6.93. The summed E-state index contributed by atoms with van der Waals surface area (Å²) in [5, 5.41) is 9.62. The van der Waals surface area contributed by atoms with Gasteiger partial charge in [-0.15, -0.1) is 0 Å². The van der Waals surface area contributed by atoms with Crippen LogP contribution in [-0.2, 0) is 14.0 Å². The first-order valence-corrected chi connectivity index (χ1v) is 18.8. The fourth-order valence-corrected chi connectivity index (χ4v) is 10.9. The summed E-state index contributed by atoms with van der Waals surface area (Å²) in [4.78, 5) is 26.8. The molecule has 4 aliphatic rings. The molecule has 4 rings (SSSR count). The highest BCUT2D eigenvalue weighted by atomic mass is 28.4. The van der Waals surface area contributed by atoms with Crippen LogP contribution in [0, 0.1) is 52.3 Å². The number of Topliss-reactive ketones (excluding diaryl/α,β-unsaturated/α-hetero) is 2. The third-order valence-electron chi connectivity index (χ3n) is 13.0. The molecule has 0 amide bonds. The predicted octanol–water partition coefficient (Wildman–Crippen LogP) is 7.83. The lowest BCUT2D eigenvalue weighted by atomic mass is 9.44. The minimum absolute atomic E-state index is 0.0399. The Morgan fingerprint density at radius 2 is 1.71 bits per heavy atom. The van der Waals surface area contributed by atoms with Gasteiger partial charge in [0.05, 0.1) is 0 Å². The van der Waals surface area contributed by atoms with Crippen LogP contribution in [0.4, 0.5) is 0 Å². The van der Waals surface area contributed by atoms with Gasteiger partial charge in [-0.3, -0.25) is 9.59 Å². The van der Waals surface area contributed by atoms with E-state index < -0.39 is 8.32 Å². The number of carbonyl (C=O) groups excluding carboxylic acids is 2. The van der Waals surface area contributed by atoms with Gasteiger partial charge in [0.2, 0.25) is 0 Å². The third-order valence-corrected chi connectivity index (χ3v) is 17.5. The van der Waals surface area contributed by atoms with Gasteiger partial charge in [0.25, 0.3) is 0 Å². The minimum Gasteiger partial charge on any atom is -0.414 e. The van der Waals surface area contributed by atoms with E-state index in [1.54, 1.807) is 0 Å². The SMILES string of the molecule is C[C@H](CO)CCC(=O)[C@@H](C)[C@H]1C(=O)C[C@H]2[C@@H]3CC[C@@H]4C[C@@H](O[Si](C)(C)C(C)(C)C)CC[C@]4(C)[C@H]3CC[C@]12C. The Kier molecular flexibility index (Phi) is 8.58. The van der Waals surface area contributed by atoms with E-state index in [0.717, 1.165) is 12.3 Å². The highest BCUT2D eigenvalue weighted by Crippen LogP contribution is 2.67. The molecular weight excluding hydrogens is 488 g/mol. The van der Waals surface area contributed by atoms with Crippen LogP contribution in [0.2, 0.25) is 18.1 Å². The minimum atomic E-state index is -1.76. The highest BCUT2D eigenvalue weighted by Gasteiger charge is 2.63. The molecule has 218 valence electrons. The standard InChI is InChI=1S/C33H58O4Si/c1-21(20-34)10-13-28(35)22(2)30-29(36)19-27-25-12-11-23-18-24(37-38(8,9)31(3,4)5)14-16-32(23,6)26(25)15-17-33(27,30)7/h21-27,30,34H,10-20H2,1-9H3/t21-,22+,23+,24-,25+,26-,27-,30-,32-,33-/m0/s1. The molecule has 38 heavy (non-hydrogen) atoms. The van der Waals surface area contributed by atoms with Crippen molar-refractivity contribution in [1.82, 2.24) is 0 Å². The zero-order chi connectivity index (χ0) is 28.3. The van der Waals surface area contributed by atoms with E-state index in [1.165, 1.54) is 38.5 Å². The maximum Gasteiger partial charge on any atom is 0.192 e. The molecule has 0 radical (unpaired) electrons. The second kappa shape index (κ2) is 10.7. The number of hydrogen-bond donors (Lipinski definition) is 1. The second-order valence-corrected chi connectivity index (χ2v) is 21.0. The summed E-state index contributed by atoms with van der Waals surface area (Å²) in [7, 11) is -1.76. The van der Waals surface area contributed by atoms with Crippen LogP contribution >= 0.6 is 0 Å². The van der Waals surface area contributed by atoms with Crippen LogP contribution in [0.25, 0.3) is 0 Å². The Labute approximate surface area is 234 Å². The number of aliphatic hydroxyl groups excluding tert-OH is 1. The lowest BCUT2D eigenvalue weighted by Crippen LogP contribution is -2.55. The average molecular weight is 547 g/mol. The molecular formula is C33H58O4Si. The molecule has 0 spiro atoms. The fraction of sp³-hybridized carbons (Fsp3) is 0.939. The van der Waals surface area contributed by atoms with E-state index in [0.29, 0.717) is 54.3 Å². The van der Waals surface area contributed by atoms with Crippen molar-refractivity contribution in [2.24, 2.45) is 52.3 Å². The number of hydrogen-bond acceptors (Lipinski definition) is 4. The zero-order valence-electron chi connectivity index (χ0n) is 26.1. The molecule has 4 aliphatic carbocycles. The van der Waals surface area contributed by atoms with Crippen molar-refractivity contribution >= 4 is 19.9 Å². The molecule has 0 aliphatic heterocycles. The Morgan fingerprint density at radius 1 is 1.05 bits per heavy atom. The first-order valence-electron chi connectivity index (χ1n) is 15.9. The number of fused-ring (bicyclic) bond motifs is 5. The number of ketones is 2. The van der Waals surface area contributed by atoms with Gasteiger partial charge in [-0.2, -0.15) is 0 Å². The number of carbonyl (C=O) groups is 2. The van der Waals surface area contributed by atoms with Crippen LogP contribution in [0.15, 0.2) is 0 Å². The molecule has 0 unspecified atom stereocenters. The van der Waals surface area contributed by atoms with Gasteiger partial charge in [0, 0.05) is 37.4 Å². The van der Waals surface area contributed by atoms with E-state index >= 15 is 0 Å². The number of rotatable bonds is 8. The summed E-state index contributed by atoms with van der Waals surface area (Å²) in [5.74, 6) is 2.90. The van der Waals surface area contributed by atoms with Gasteiger partial charge >= 0.3 is 0 Å². The van der Waals surface area contributed by atoms with Crippen molar-refractivity contribution in [2.45, 2.75) is 137 Å². The van der Waals surface area contributed by atoms with Crippen molar-refractivity contribution in [2.75, 3.05) is 6.61 Å². The smallest absolute Gasteiger partial charge is 0.192 e. The van der Waals surface area contributed by atoms with Gasteiger partial charge < -0.3 is 9.53 Å². The van der Waals surface area contributed by atoms with E-state index in [9.17, 15) is 14.7 Å². The van der Waals surface area contributed by atoms with Crippen LogP contribution < -0.4 is 0 Å². The predicted molar refractivity (Wildman–Crippen MR) is 157 cm³/mol. The first kappa shape index (κ1) is 30.4. The maximum atomic E-state index is 13.6. The third kappa shape index (κ3) is 5.27. The molecule has 0 heterocycles. The monoisotopic (exact) mass is 546 g/mol. The van der Waals surface area contributed by atoms with Gasteiger partial charge in [-0.1, -0.05) is 48.5 Å². The molecule has 0 saturated heterocycles. The number of aliphatic hydroxyl groups is 1. The molecule has 0 aromatic carbocycles. The van der Waals surface area contributed by atoms with E-state index in [2.05, 4.69) is 47.7 Å². The largest absolute Gasteiger partial charge is 0.414 e. The molecule has 5 heteroatoms. The topological polar surface area (TPSA) is 63.6 Å². The molecule has 4 saturated carbocycles. The zero-order valence-corrected chi connectivity index (χ0v) is 27.1. The summed E-state index contributed by atoms with van der Waals surface area (Å²) >= 11 is 0. The van der Waals surface area contributed by atoms with Crippen LogP contribution in [0.5, 0.6) is 0 Å². The molecule has 0 aromatic rings. The van der Waals surface area contributed by atoms with Crippen molar-refractivity contribution in [3.05, 3.63) is 0 Å². The van der Waals surface area contributed by atoms with Crippen molar-refractivity contribution in [3.8, 4) is 0 Å². The van der Waals surface area contributed by atoms with Crippen LogP contribution in [0.1, 0.15) is 113 Å². The quantitative estimate of drug-likeness (QED) is 0.315. The van der Waals surface area contributed by atoms with E-state index in [-0.39, 0.29) is 40.6 Å². The molecule has 0 bridgehead atoms. The molecule has 4 nitrogen and oxygen atoms in total. The Morgan fingerprint density at radius 3 is 2.34 bits per heavy atom. The lowest BCUT2D eigenvalue weighted by molar-refractivity contribution is -0.139. The molecule has 4 fully saturated rings. The Bertz CT molecular complexity index is 892. The second-order valence-electron chi connectivity index (χ2n) is 16.2. The first-order chi connectivity index (χ1) is 17.5. The van der Waals surface area contributed by atoms with Gasteiger partial charge in [-0.05, 0) is 110 Å².